The maximum Gasteiger partial charge on any atom is 0.410 e. The summed E-state index contributed by atoms with van der Waals surface area (Å²) in [6.07, 6.45) is 0.357. The lowest BCUT2D eigenvalue weighted by Crippen LogP contribution is -2.34. The van der Waals surface area contributed by atoms with E-state index < -0.39 is 0 Å². The summed E-state index contributed by atoms with van der Waals surface area (Å²) in [6, 6.07) is 9.67. The number of benzene rings is 1. The van der Waals surface area contributed by atoms with E-state index in [1.54, 1.807) is 4.90 Å². The standard InChI is InChI=1S/C15H20N2O3/c1-2-19-14-8-10-17(11-9-16-14)15(18)20-12-13-6-4-3-5-7-13/h3-7H,2,8-12H2,1H3. The van der Waals surface area contributed by atoms with Gasteiger partial charge in [-0.05, 0) is 12.5 Å². The van der Waals surface area contributed by atoms with Gasteiger partial charge in [0, 0.05) is 19.5 Å². The van der Waals surface area contributed by atoms with Crippen LogP contribution in [0.5, 0.6) is 0 Å². The monoisotopic (exact) mass is 276 g/mol. The quantitative estimate of drug-likeness (QED) is 0.852. The average molecular weight is 276 g/mol. The Labute approximate surface area is 119 Å². The molecule has 1 aliphatic heterocycles. The van der Waals surface area contributed by atoms with Gasteiger partial charge in [0.05, 0.1) is 13.2 Å². The zero-order valence-electron chi connectivity index (χ0n) is 11.7. The van der Waals surface area contributed by atoms with Gasteiger partial charge in [-0.3, -0.25) is 4.99 Å². The third kappa shape index (κ3) is 4.26. The van der Waals surface area contributed by atoms with Crippen molar-refractivity contribution in [3.05, 3.63) is 35.9 Å². The van der Waals surface area contributed by atoms with Crippen LogP contribution in [0, 0.1) is 0 Å². The highest BCUT2D eigenvalue weighted by molar-refractivity contribution is 5.77. The molecule has 5 nitrogen and oxygen atoms in total. The van der Waals surface area contributed by atoms with Crippen LogP contribution >= 0.6 is 0 Å². The number of amides is 1. The van der Waals surface area contributed by atoms with Crippen molar-refractivity contribution in [3.8, 4) is 0 Å². The fourth-order valence-electron chi connectivity index (χ4n) is 1.99. The van der Waals surface area contributed by atoms with E-state index in [0.717, 1.165) is 11.5 Å². The van der Waals surface area contributed by atoms with Crippen LogP contribution in [0.15, 0.2) is 35.3 Å². The van der Waals surface area contributed by atoms with Crippen molar-refractivity contribution in [2.24, 2.45) is 4.99 Å². The molecule has 0 radical (unpaired) electrons. The molecule has 0 bridgehead atoms. The summed E-state index contributed by atoms with van der Waals surface area (Å²) >= 11 is 0. The fraction of sp³-hybridized carbons (Fsp3) is 0.467. The number of ether oxygens (including phenoxy) is 2. The summed E-state index contributed by atoms with van der Waals surface area (Å²) in [7, 11) is 0. The normalized spacial score (nSPS) is 15.2. The van der Waals surface area contributed by atoms with Crippen LogP contribution in [-0.4, -0.2) is 43.1 Å². The largest absolute Gasteiger partial charge is 0.481 e. The molecular weight excluding hydrogens is 256 g/mol. The number of nitrogens with zero attached hydrogens (tertiary/aromatic N) is 2. The van der Waals surface area contributed by atoms with Crippen molar-refractivity contribution in [1.82, 2.24) is 4.90 Å². The Bertz CT molecular complexity index is 459. The van der Waals surface area contributed by atoms with E-state index >= 15 is 0 Å². The topological polar surface area (TPSA) is 51.1 Å². The molecule has 1 amide bonds. The van der Waals surface area contributed by atoms with Crippen molar-refractivity contribution in [3.63, 3.8) is 0 Å². The van der Waals surface area contributed by atoms with Crippen molar-refractivity contribution in [2.45, 2.75) is 20.0 Å². The second-order valence-electron chi connectivity index (χ2n) is 4.49. The summed E-state index contributed by atoms with van der Waals surface area (Å²) < 4.78 is 10.7. The summed E-state index contributed by atoms with van der Waals surface area (Å²) in [5, 5.41) is 0. The SMILES string of the molecule is CCOC1=NCCN(C(=O)OCc2ccccc2)CC1. The smallest absolute Gasteiger partial charge is 0.410 e. The number of carbonyl (C=O) groups excluding carboxylic acids is 1. The molecule has 1 aromatic rings. The molecule has 0 unspecified atom stereocenters. The Morgan fingerprint density at radius 3 is 2.85 bits per heavy atom. The zero-order chi connectivity index (χ0) is 14.2. The molecule has 1 aliphatic rings. The second-order valence-corrected chi connectivity index (χ2v) is 4.49. The molecule has 0 saturated heterocycles. The van der Waals surface area contributed by atoms with Crippen LogP contribution < -0.4 is 0 Å². The lowest BCUT2D eigenvalue weighted by Gasteiger charge is -2.19. The number of aliphatic imine (C=N–C) groups is 1. The summed E-state index contributed by atoms with van der Waals surface area (Å²) in [4.78, 5) is 18.0. The summed E-state index contributed by atoms with van der Waals surface area (Å²) in [5.74, 6) is 0.728. The molecule has 20 heavy (non-hydrogen) atoms. The Hall–Kier alpha value is -2.04. The van der Waals surface area contributed by atoms with Crippen LogP contribution in [0.1, 0.15) is 18.9 Å². The van der Waals surface area contributed by atoms with Gasteiger partial charge in [-0.25, -0.2) is 4.79 Å². The highest BCUT2D eigenvalue weighted by atomic mass is 16.6. The Morgan fingerprint density at radius 2 is 2.10 bits per heavy atom. The number of hydrogen-bond donors (Lipinski definition) is 0. The van der Waals surface area contributed by atoms with E-state index in [-0.39, 0.29) is 6.09 Å². The number of carbonyl (C=O) groups is 1. The Kier molecular flexibility index (Phi) is 5.41. The molecule has 0 fully saturated rings. The van der Waals surface area contributed by atoms with E-state index in [9.17, 15) is 4.79 Å². The molecule has 0 aromatic heterocycles. The number of hydrogen-bond acceptors (Lipinski definition) is 4. The van der Waals surface area contributed by atoms with Gasteiger partial charge in [0.2, 0.25) is 0 Å². The highest BCUT2D eigenvalue weighted by Gasteiger charge is 2.18. The van der Waals surface area contributed by atoms with Gasteiger partial charge < -0.3 is 14.4 Å². The van der Waals surface area contributed by atoms with Crippen LogP contribution in [0.2, 0.25) is 0 Å². The molecule has 108 valence electrons. The highest BCUT2D eigenvalue weighted by Crippen LogP contribution is 2.07. The predicted octanol–water partition coefficient (Wildman–Crippen LogP) is 2.46. The fourth-order valence-corrected chi connectivity index (χ4v) is 1.99. The minimum atomic E-state index is -0.290. The predicted molar refractivity (Wildman–Crippen MR) is 76.7 cm³/mol. The van der Waals surface area contributed by atoms with E-state index in [4.69, 9.17) is 9.47 Å². The third-order valence-corrected chi connectivity index (χ3v) is 3.03. The molecule has 0 saturated carbocycles. The van der Waals surface area contributed by atoms with Gasteiger partial charge in [-0.2, -0.15) is 0 Å². The van der Waals surface area contributed by atoms with Crippen molar-refractivity contribution < 1.29 is 14.3 Å². The molecule has 0 atom stereocenters. The van der Waals surface area contributed by atoms with Crippen molar-refractivity contribution >= 4 is 12.0 Å². The number of rotatable bonds is 3. The lowest BCUT2D eigenvalue weighted by atomic mass is 10.2. The maximum absolute atomic E-state index is 12.0. The summed E-state index contributed by atoms with van der Waals surface area (Å²) in [5.41, 5.74) is 0.988. The van der Waals surface area contributed by atoms with Gasteiger partial charge in [0.25, 0.3) is 0 Å². The van der Waals surface area contributed by atoms with E-state index in [1.807, 2.05) is 37.3 Å². The molecule has 0 N–H and O–H groups in total. The second kappa shape index (κ2) is 7.53. The van der Waals surface area contributed by atoms with Gasteiger partial charge in [0.1, 0.15) is 6.61 Å². The van der Waals surface area contributed by atoms with Crippen LogP contribution in [0.25, 0.3) is 0 Å². The molecule has 1 aromatic carbocycles. The van der Waals surface area contributed by atoms with E-state index in [1.165, 1.54) is 0 Å². The molecular formula is C15H20N2O3. The molecule has 0 spiro atoms. The van der Waals surface area contributed by atoms with E-state index in [2.05, 4.69) is 4.99 Å². The van der Waals surface area contributed by atoms with Crippen LogP contribution in [0.4, 0.5) is 4.79 Å². The molecule has 1 heterocycles. The first-order valence-corrected chi connectivity index (χ1v) is 6.91. The minimum absolute atomic E-state index is 0.290. The van der Waals surface area contributed by atoms with Gasteiger partial charge in [-0.1, -0.05) is 30.3 Å². The van der Waals surface area contributed by atoms with E-state index in [0.29, 0.717) is 39.3 Å². The minimum Gasteiger partial charge on any atom is -0.481 e. The molecule has 2 rings (SSSR count). The van der Waals surface area contributed by atoms with Crippen molar-refractivity contribution in [2.75, 3.05) is 26.2 Å². The Morgan fingerprint density at radius 1 is 1.30 bits per heavy atom. The van der Waals surface area contributed by atoms with Crippen LogP contribution in [0.3, 0.4) is 0 Å². The molecule has 0 aliphatic carbocycles. The van der Waals surface area contributed by atoms with Gasteiger partial charge >= 0.3 is 6.09 Å². The molecule has 5 heteroatoms. The third-order valence-electron chi connectivity index (χ3n) is 3.03. The first-order chi connectivity index (χ1) is 9.79. The first-order valence-electron chi connectivity index (χ1n) is 6.91. The average Bonchev–Trinajstić information content (AvgIpc) is 2.72. The van der Waals surface area contributed by atoms with Gasteiger partial charge in [-0.15, -0.1) is 0 Å². The first kappa shape index (κ1) is 14.4. The van der Waals surface area contributed by atoms with Crippen LogP contribution in [-0.2, 0) is 16.1 Å². The van der Waals surface area contributed by atoms with Crippen molar-refractivity contribution in [1.29, 1.82) is 0 Å². The summed E-state index contributed by atoms with van der Waals surface area (Å²) in [6.45, 7) is 4.57. The zero-order valence-corrected chi connectivity index (χ0v) is 11.7. The Balaban J connectivity index is 1.79. The lowest BCUT2D eigenvalue weighted by molar-refractivity contribution is 0.0985. The van der Waals surface area contributed by atoms with Gasteiger partial charge in [0.15, 0.2) is 5.90 Å². The maximum atomic E-state index is 12.0.